The largest absolute Gasteiger partial charge is 0.350 e. The first kappa shape index (κ1) is 9.91. The topological polar surface area (TPSA) is 17.0 Å². The van der Waals surface area contributed by atoms with Gasteiger partial charge in [-0.15, -0.1) is 0 Å². The third-order valence-electron chi connectivity index (χ3n) is 3.65. The lowest BCUT2D eigenvalue weighted by molar-refractivity contribution is 0.581. The van der Waals surface area contributed by atoms with Crippen LogP contribution >= 0.6 is 0 Å². The molecule has 1 N–H and O–H groups in total. The van der Waals surface area contributed by atoms with Crippen LogP contribution in [0.4, 0.5) is 0 Å². The SMILES string of the molecule is Cn1ccc2cccc(CC3CCNC3)c21. The van der Waals surface area contributed by atoms with Crippen LogP contribution in [0.2, 0.25) is 0 Å². The lowest BCUT2D eigenvalue weighted by Gasteiger charge is -2.10. The number of para-hydroxylation sites is 1. The fourth-order valence-electron chi connectivity index (χ4n) is 2.81. The Hall–Kier alpha value is -1.28. The summed E-state index contributed by atoms with van der Waals surface area (Å²) in [7, 11) is 2.14. The molecule has 2 aromatic rings. The molecule has 1 aliphatic heterocycles. The Bertz CT molecular complexity index is 492. The van der Waals surface area contributed by atoms with Gasteiger partial charge in [-0.3, -0.25) is 0 Å². The van der Waals surface area contributed by atoms with E-state index in [0.29, 0.717) is 0 Å². The van der Waals surface area contributed by atoms with Crippen LogP contribution in [0.3, 0.4) is 0 Å². The highest BCUT2D eigenvalue weighted by molar-refractivity contribution is 5.83. The van der Waals surface area contributed by atoms with E-state index in [1.807, 2.05) is 0 Å². The minimum atomic E-state index is 0.820. The second-order valence-electron chi connectivity index (χ2n) is 4.84. The molecule has 0 saturated carbocycles. The molecule has 1 fully saturated rings. The number of rotatable bonds is 2. The van der Waals surface area contributed by atoms with Gasteiger partial charge in [-0.05, 0) is 48.9 Å². The van der Waals surface area contributed by atoms with Gasteiger partial charge in [-0.1, -0.05) is 18.2 Å². The maximum absolute atomic E-state index is 3.44. The molecule has 1 aromatic carbocycles. The first-order chi connectivity index (χ1) is 7.84. The highest BCUT2D eigenvalue weighted by Crippen LogP contribution is 2.23. The van der Waals surface area contributed by atoms with Crippen molar-refractivity contribution in [2.75, 3.05) is 13.1 Å². The summed E-state index contributed by atoms with van der Waals surface area (Å²) in [6.07, 6.45) is 4.68. The number of nitrogens with one attached hydrogen (secondary N) is 1. The Morgan fingerprint density at radius 2 is 2.31 bits per heavy atom. The van der Waals surface area contributed by atoms with E-state index >= 15 is 0 Å². The number of hydrogen-bond donors (Lipinski definition) is 1. The predicted molar refractivity (Wildman–Crippen MR) is 67.6 cm³/mol. The van der Waals surface area contributed by atoms with Crippen molar-refractivity contribution in [2.24, 2.45) is 13.0 Å². The molecule has 1 atom stereocenters. The second kappa shape index (κ2) is 3.95. The maximum Gasteiger partial charge on any atom is 0.0510 e. The van der Waals surface area contributed by atoms with Crippen molar-refractivity contribution < 1.29 is 0 Å². The summed E-state index contributed by atoms with van der Waals surface area (Å²) in [6, 6.07) is 8.86. The van der Waals surface area contributed by atoms with Crippen LogP contribution in [-0.4, -0.2) is 17.7 Å². The average molecular weight is 214 g/mol. The molecule has 1 unspecified atom stereocenters. The number of benzene rings is 1. The summed E-state index contributed by atoms with van der Waals surface area (Å²) < 4.78 is 2.24. The number of hydrogen-bond acceptors (Lipinski definition) is 1. The van der Waals surface area contributed by atoms with Crippen molar-refractivity contribution in [1.82, 2.24) is 9.88 Å². The van der Waals surface area contributed by atoms with Gasteiger partial charge in [0, 0.05) is 13.2 Å². The molecule has 0 amide bonds. The number of aromatic nitrogens is 1. The monoisotopic (exact) mass is 214 g/mol. The first-order valence-corrected chi connectivity index (χ1v) is 6.08. The molecule has 2 heteroatoms. The van der Waals surface area contributed by atoms with E-state index in [4.69, 9.17) is 0 Å². The molecule has 16 heavy (non-hydrogen) atoms. The van der Waals surface area contributed by atoms with Gasteiger partial charge in [0.1, 0.15) is 0 Å². The van der Waals surface area contributed by atoms with E-state index in [2.05, 4.69) is 47.4 Å². The quantitative estimate of drug-likeness (QED) is 0.812. The fraction of sp³-hybridized carbons (Fsp3) is 0.429. The normalized spacial score (nSPS) is 20.7. The minimum Gasteiger partial charge on any atom is -0.350 e. The van der Waals surface area contributed by atoms with Crippen LogP contribution in [0.5, 0.6) is 0 Å². The van der Waals surface area contributed by atoms with Crippen molar-refractivity contribution in [2.45, 2.75) is 12.8 Å². The van der Waals surface area contributed by atoms with Crippen LogP contribution in [-0.2, 0) is 13.5 Å². The molecule has 1 aromatic heterocycles. The zero-order chi connectivity index (χ0) is 11.0. The zero-order valence-electron chi connectivity index (χ0n) is 9.74. The van der Waals surface area contributed by atoms with E-state index in [9.17, 15) is 0 Å². The van der Waals surface area contributed by atoms with E-state index in [-0.39, 0.29) is 0 Å². The van der Waals surface area contributed by atoms with Crippen molar-refractivity contribution >= 4 is 10.9 Å². The molecule has 0 aliphatic carbocycles. The molecule has 0 radical (unpaired) electrons. The van der Waals surface area contributed by atoms with Gasteiger partial charge in [-0.25, -0.2) is 0 Å². The Labute approximate surface area is 96.3 Å². The molecule has 0 bridgehead atoms. The molecule has 1 saturated heterocycles. The van der Waals surface area contributed by atoms with Gasteiger partial charge in [-0.2, -0.15) is 0 Å². The van der Waals surface area contributed by atoms with E-state index in [1.165, 1.54) is 42.4 Å². The Balaban J connectivity index is 1.98. The van der Waals surface area contributed by atoms with Crippen LogP contribution in [0, 0.1) is 5.92 Å². The van der Waals surface area contributed by atoms with E-state index < -0.39 is 0 Å². The van der Waals surface area contributed by atoms with Crippen LogP contribution in [0.1, 0.15) is 12.0 Å². The molecule has 1 aliphatic rings. The molecule has 84 valence electrons. The smallest absolute Gasteiger partial charge is 0.0510 e. The molecule has 0 spiro atoms. The molecule has 3 rings (SSSR count). The standard InChI is InChI=1S/C14H18N2/c1-16-8-6-12-3-2-4-13(14(12)16)9-11-5-7-15-10-11/h2-4,6,8,11,15H,5,7,9-10H2,1H3. The second-order valence-corrected chi connectivity index (χ2v) is 4.84. The highest BCUT2D eigenvalue weighted by atomic mass is 14.9. The van der Waals surface area contributed by atoms with Crippen molar-refractivity contribution in [1.29, 1.82) is 0 Å². The van der Waals surface area contributed by atoms with E-state index in [0.717, 1.165) is 5.92 Å². The van der Waals surface area contributed by atoms with Crippen LogP contribution in [0.15, 0.2) is 30.5 Å². The van der Waals surface area contributed by atoms with Gasteiger partial charge in [0.2, 0.25) is 0 Å². The Morgan fingerprint density at radius 1 is 1.38 bits per heavy atom. The van der Waals surface area contributed by atoms with Crippen molar-refractivity contribution in [3.63, 3.8) is 0 Å². The zero-order valence-corrected chi connectivity index (χ0v) is 9.74. The summed E-state index contributed by atoms with van der Waals surface area (Å²) in [5.74, 6) is 0.820. The number of fused-ring (bicyclic) bond motifs is 1. The van der Waals surface area contributed by atoms with Gasteiger partial charge in [0.15, 0.2) is 0 Å². The van der Waals surface area contributed by atoms with Crippen molar-refractivity contribution in [3.8, 4) is 0 Å². The van der Waals surface area contributed by atoms with Crippen LogP contribution in [0.25, 0.3) is 10.9 Å². The summed E-state index contributed by atoms with van der Waals surface area (Å²) in [5, 5.41) is 4.81. The average Bonchev–Trinajstić information content (AvgIpc) is 2.90. The Kier molecular flexibility index (Phi) is 2.44. The summed E-state index contributed by atoms with van der Waals surface area (Å²) in [5.41, 5.74) is 2.91. The van der Waals surface area contributed by atoms with Gasteiger partial charge in [0.25, 0.3) is 0 Å². The first-order valence-electron chi connectivity index (χ1n) is 6.08. The lowest BCUT2D eigenvalue weighted by Crippen LogP contribution is -2.11. The van der Waals surface area contributed by atoms with E-state index in [1.54, 1.807) is 0 Å². The Morgan fingerprint density at radius 3 is 3.12 bits per heavy atom. The lowest BCUT2D eigenvalue weighted by atomic mass is 9.97. The third kappa shape index (κ3) is 1.63. The summed E-state index contributed by atoms with van der Waals surface area (Å²) in [4.78, 5) is 0. The van der Waals surface area contributed by atoms with Crippen LogP contribution < -0.4 is 5.32 Å². The minimum absolute atomic E-state index is 0.820. The highest BCUT2D eigenvalue weighted by Gasteiger charge is 2.16. The predicted octanol–water partition coefficient (Wildman–Crippen LogP) is 2.33. The van der Waals surface area contributed by atoms with Gasteiger partial charge in [0.05, 0.1) is 5.52 Å². The number of aryl methyl sites for hydroxylation is 1. The molecular weight excluding hydrogens is 196 g/mol. The van der Waals surface area contributed by atoms with Crippen molar-refractivity contribution in [3.05, 3.63) is 36.0 Å². The molecular formula is C14H18N2. The molecule has 2 nitrogen and oxygen atoms in total. The number of nitrogens with zero attached hydrogens (tertiary/aromatic N) is 1. The fourth-order valence-corrected chi connectivity index (χ4v) is 2.81. The third-order valence-corrected chi connectivity index (χ3v) is 3.65. The van der Waals surface area contributed by atoms with Gasteiger partial charge < -0.3 is 9.88 Å². The summed E-state index contributed by atoms with van der Waals surface area (Å²) in [6.45, 7) is 2.37. The maximum atomic E-state index is 3.44. The van der Waals surface area contributed by atoms with Gasteiger partial charge >= 0.3 is 0 Å². The molecule has 2 heterocycles. The summed E-state index contributed by atoms with van der Waals surface area (Å²) >= 11 is 0.